The van der Waals surface area contributed by atoms with E-state index < -0.39 is 0 Å². The van der Waals surface area contributed by atoms with E-state index >= 15 is 0 Å². The van der Waals surface area contributed by atoms with Crippen LogP contribution in [0.25, 0.3) is 0 Å². The zero-order valence-corrected chi connectivity index (χ0v) is 12.5. The second kappa shape index (κ2) is 6.11. The van der Waals surface area contributed by atoms with Crippen LogP contribution in [0, 0.1) is 5.92 Å². The van der Waals surface area contributed by atoms with E-state index in [1.807, 2.05) is 0 Å². The molecule has 0 aliphatic carbocycles. The monoisotopic (exact) mass is 270 g/mol. The Morgan fingerprint density at radius 1 is 1.25 bits per heavy atom. The van der Waals surface area contributed by atoms with Crippen molar-refractivity contribution < 1.29 is 0 Å². The van der Waals surface area contributed by atoms with Crippen LogP contribution in [0.1, 0.15) is 31.7 Å². The zero-order chi connectivity index (χ0) is 13.9. The zero-order valence-electron chi connectivity index (χ0n) is 12.5. The number of nitrogens with one attached hydrogen (secondary N) is 1. The Morgan fingerprint density at radius 2 is 2.05 bits per heavy atom. The third-order valence-corrected chi connectivity index (χ3v) is 5.01. The molecule has 2 nitrogen and oxygen atoms in total. The number of hydrogen-bond acceptors (Lipinski definition) is 2. The van der Waals surface area contributed by atoms with Crippen LogP contribution in [0.2, 0.25) is 0 Å². The predicted octanol–water partition coefficient (Wildman–Crippen LogP) is 3.21. The van der Waals surface area contributed by atoms with Crippen molar-refractivity contribution in [3.05, 3.63) is 48.0 Å². The van der Waals surface area contributed by atoms with Crippen LogP contribution in [0.4, 0.5) is 0 Å². The first kappa shape index (κ1) is 13.8. The minimum absolute atomic E-state index is 0.573. The molecule has 108 valence electrons. The molecule has 20 heavy (non-hydrogen) atoms. The summed E-state index contributed by atoms with van der Waals surface area (Å²) >= 11 is 0. The van der Waals surface area contributed by atoms with Crippen LogP contribution in [0.3, 0.4) is 0 Å². The fourth-order valence-electron chi connectivity index (χ4n) is 3.95. The Hall–Kier alpha value is -1.12. The molecule has 2 saturated heterocycles. The predicted molar refractivity (Wildman–Crippen MR) is 84.6 cm³/mol. The highest BCUT2D eigenvalue weighted by Crippen LogP contribution is 2.34. The summed E-state index contributed by atoms with van der Waals surface area (Å²) < 4.78 is 0. The van der Waals surface area contributed by atoms with Crippen molar-refractivity contribution in [3.63, 3.8) is 0 Å². The minimum atomic E-state index is 0.573. The molecule has 3 rings (SSSR count). The van der Waals surface area contributed by atoms with E-state index in [0.717, 1.165) is 6.54 Å². The van der Waals surface area contributed by atoms with E-state index in [1.54, 1.807) is 0 Å². The SMILES string of the molecule is C=C(C)[C@H]1CCN2CCC[C@H]2[C@@H]1NCc1ccccc1. The van der Waals surface area contributed by atoms with Crippen LogP contribution in [-0.2, 0) is 6.54 Å². The third kappa shape index (κ3) is 2.82. The smallest absolute Gasteiger partial charge is 0.0292 e. The maximum absolute atomic E-state index is 4.24. The quantitative estimate of drug-likeness (QED) is 0.845. The lowest BCUT2D eigenvalue weighted by Crippen LogP contribution is -2.55. The molecular formula is C18H26N2. The number of benzene rings is 1. The summed E-state index contributed by atoms with van der Waals surface area (Å²) in [6.45, 7) is 9.96. The van der Waals surface area contributed by atoms with Crippen molar-refractivity contribution in [1.82, 2.24) is 10.2 Å². The highest BCUT2D eigenvalue weighted by molar-refractivity contribution is 5.16. The maximum Gasteiger partial charge on any atom is 0.0292 e. The Bertz CT molecular complexity index is 454. The number of nitrogens with zero attached hydrogens (tertiary/aromatic N) is 1. The fourth-order valence-corrected chi connectivity index (χ4v) is 3.95. The normalized spacial score (nSPS) is 30.1. The molecule has 0 radical (unpaired) electrons. The van der Waals surface area contributed by atoms with E-state index in [1.165, 1.54) is 43.5 Å². The highest BCUT2D eigenvalue weighted by Gasteiger charge is 2.40. The molecule has 2 fully saturated rings. The van der Waals surface area contributed by atoms with Crippen LogP contribution in [0.5, 0.6) is 0 Å². The number of rotatable bonds is 4. The average Bonchev–Trinajstić information content (AvgIpc) is 2.94. The van der Waals surface area contributed by atoms with Crippen molar-refractivity contribution in [1.29, 1.82) is 0 Å². The standard InChI is InChI=1S/C18H26N2/c1-14(2)16-10-12-20-11-6-9-17(20)18(16)19-13-15-7-4-3-5-8-15/h3-5,7-8,16-19H,1,6,9-13H2,2H3/t16-,17+,18-/m1/s1. The van der Waals surface area contributed by atoms with Crippen molar-refractivity contribution in [2.24, 2.45) is 5.92 Å². The number of piperidine rings is 1. The summed E-state index contributed by atoms with van der Waals surface area (Å²) in [6.07, 6.45) is 3.96. The first-order valence-electron chi connectivity index (χ1n) is 7.92. The van der Waals surface area contributed by atoms with E-state index in [4.69, 9.17) is 0 Å². The molecule has 1 aromatic rings. The van der Waals surface area contributed by atoms with Gasteiger partial charge in [-0.3, -0.25) is 4.90 Å². The molecule has 2 aliphatic rings. The molecule has 2 aliphatic heterocycles. The summed E-state index contributed by atoms with van der Waals surface area (Å²) in [5.74, 6) is 0.637. The molecule has 3 atom stereocenters. The second-order valence-corrected chi connectivity index (χ2v) is 6.38. The summed E-state index contributed by atoms with van der Waals surface area (Å²) in [7, 11) is 0. The Kier molecular flexibility index (Phi) is 4.23. The van der Waals surface area contributed by atoms with Crippen molar-refractivity contribution in [2.45, 2.75) is 44.8 Å². The molecule has 0 aromatic heterocycles. The Labute approximate surface area is 122 Å². The first-order chi connectivity index (χ1) is 9.75. The van der Waals surface area contributed by atoms with Crippen molar-refractivity contribution in [3.8, 4) is 0 Å². The van der Waals surface area contributed by atoms with Gasteiger partial charge in [-0.25, -0.2) is 0 Å². The van der Waals surface area contributed by atoms with Gasteiger partial charge in [0.1, 0.15) is 0 Å². The molecule has 1 aromatic carbocycles. The topological polar surface area (TPSA) is 15.3 Å². The number of hydrogen-bond donors (Lipinski definition) is 1. The van der Waals surface area contributed by atoms with Gasteiger partial charge in [0.2, 0.25) is 0 Å². The van der Waals surface area contributed by atoms with Gasteiger partial charge in [0.05, 0.1) is 0 Å². The third-order valence-electron chi connectivity index (χ3n) is 5.01. The lowest BCUT2D eigenvalue weighted by molar-refractivity contribution is 0.118. The van der Waals surface area contributed by atoms with Gasteiger partial charge in [0.15, 0.2) is 0 Å². The van der Waals surface area contributed by atoms with Gasteiger partial charge in [0, 0.05) is 18.6 Å². The van der Waals surface area contributed by atoms with Crippen LogP contribution in [-0.4, -0.2) is 30.1 Å². The molecule has 0 saturated carbocycles. The van der Waals surface area contributed by atoms with Crippen LogP contribution < -0.4 is 5.32 Å². The van der Waals surface area contributed by atoms with Gasteiger partial charge in [-0.2, -0.15) is 0 Å². The Morgan fingerprint density at radius 3 is 2.80 bits per heavy atom. The van der Waals surface area contributed by atoms with Crippen molar-refractivity contribution in [2.75, 3.05) is 13.1 Å². The molecule has 1 N–H and O–H groups in total. The van der Waals surface area contributed by atoms with Crippen molar-refractivity contribution >= 4 is 0 Å². The van der Waals surface area contributed by atoms with Gasteiger partial charge in [-0.1, -0.05) is 42.5 Å². The average molecular weight is 270 g/mol. The maximum atomic E-state index is 4.24. The molecule has 0 unspecified atom stereocenters. The molecule has 0 bridgehead atoms. The molecule has 2 heteroatoms. The second-order valence-electron chi connectivity index (χ2n) is 6.38. The van der Waals surface area contributed by atoms with Gasteiger partial charge in [-0.05, 0) is 50.8 Å². The van der Waals surface area contributed by atoms with E-state index in [0.29, 0.717) is 18.0 Å². The van der Waals surface area contributed by atoms with Gasteiger partial charge >= 0.3 is 0 Å². The molecule has 0 amide bonds. The van der Waals surface area contributed by atoms with Crippen LogP contribution >= 0.6 is 0 Å². The minimum Gasteiger partial charge on any atom is -0.308 e. The lowest BCUT2D eigenvalue weighted by Gasteiger charge is -2.43. The molecule has 2 heterocycles. The lowest BCUT2D eigenvalue weighted by atomic mass is 9.81. The summed E-state index contributed by atoms with van der Waals surface area (Å²) in [6, 6.07) is 12.0. The van der Waals surface area contributed by atoms with Crippen LogP contribution in [0.15, 0.2) is 42.5 Å². The largest absolute Gasteiger partial charge is 0.308 e. The van der Waals surface area contributed by atoms with Gasteiger partial charge in [0.25, 0.3) is 0 Å². The van der Waals surface area contributed by atoms with E-state index in [-0.39, 0.29) is 0 Å². The summed E-state index contributed by atoms with van der Waals surface area (Å²) in [5.41, 5.74) is 2.73. The number of fused-ring (bicyclic) bond motifs is 1. The van der Waals surface area contributed by atoms with E-state index in [2.05, 4.69) is 54.1 Å². The first-order valence-corrected chi connectivity index (χ1v) is 7.92. The van der Waals surface area contributed by atoms with Gasteiger partial charge < -0.3 is 5.32 Å². The van der Waals surface area contributed by atoms with Gasteiger partial charge in [-0.15, -0.1) is 0 Å². The molecule has 0 spiro atoms. The fraction of sp³-hybridized carbons (Fsp3) is 0.556. The van der Waals surface area contributed by atoms with E-state index in [9.17, 15) is 0 Å². The summed E-state index contributed by atoms with van der Waals surface area (Å²) in [4.78, 5) is 2.68. The molecular weight excluding hydrogens is 244 g/mol. The summed E-state index contributed by atoms with van der Waals surface area (Å²) in [5, 5.41) is 3.84. The Balaban J connectivity index is 1.70. The highest BCUT2D eigenvalue weighted by atomic mass is 15.2.